The number of aromatic nitrogens is 3. The molecule has 5 rings (SSSR count). The predicted octanol–water partition coefficient (Wildman–Crippen LogP) is 5.33. The van der Waals surface area contributed by atoms with Gasteiger partial charge < -0.3 is 9.32 Å². The fourth-order valence-electron chi connectivity index (χ4n) is 4.38. The van der Waals surface area contributed by atoms with E-state index < -0.39 is 0 Å². The summed E-state index contributed by atoms with van der Waals surface area (Å²) in [7, 11) is 1.82. The van der Waals surface area contributed by atoms with Crippen LogP contribution in [0.5, 0.6) is 0 Å². The van der Waals surface area contributed by atoms with Gasteiger partial charge in [-0.25, -0.2) is 9.67 Å². The Labute approximate surface area is 181 Å². The highest BCUT2D eigenvalue weighted by Gasteiger charge is 2.22. The van der Waals surface area contributed by atoms with Gasteiger partial charge >= 0.3 is 0 Å². The van der Waals surface area contributed by atoms with Crippen LogP contribution < -0.4 is 0 Å². The van der Waals surface area contributed by atoms with Gasteiger partial charge in [-0.1, -0.05) is 31.4 Å². The van der Waals surface area contributed by atoms with Crippen molar-refractivity contribution < 1.29 is 9.21 Å². The van der Waals surface area contributed by atoms with E-state index in [0.29, 0.717) is 23.6 Å². The van der Waals surface area contributed by atoms with E-state index in [0.717, 1.165) is 35.5 Å². The van der Waals surface area contributed by atoms with Crippen LogP contribution in [-0.2, 0) is 6.54 Å². The van der Waals surface area contributed by atoms with Gasteiger partial charge in [0.2, 0.25) is 0 Å². The average molecular weight is 415 g/mol. The zero-order valence-electron chi connectivity index (χ0n) is 17.7. The van der Waals surface area contributed by atoms with Gasteiger partial charge in [-0.3, -0.25) is 4.79 Å². The standard InChI is InChI=1S/C25H26N4O2/c1-28(17-18-7-5-10-21(15-18)29-14-6-13-26-29)25(30)20-11-12-22-23(16-20)31-24(27-22)19-8-3-2-4-9-19/h5-7,10-16,19H,2-4,8-9,17H2,1H3. The van der Waals surface area contributed by atoms with Crippen molar-refractivity contribution in [2.45, 2.75) is 44.6 Å². The van der Waals surface area contributed by atoms with Crippen LogP contribution in [0.15, 0.2) is 65.3 Å². The monoisotopic (exact) mass is 414 g/mol. The molecule has 1 aliphatic carbocycles. The normalized spacial score (nSPS) is 14.7. The molecule has 1 saturated carbocycles. The highest BCUT2D eigenvalue weighted by molar-refractivity contribution is 5.96. The lowest BCUT2D eigenvalue weighted by atomic mass is 9.89. The number of carbonyl (C=O) groups is 1. The number of hydrogen-bond donors (Lipinski definition) is 0. The lowest BCUT2D eigenvalue weighted by molar-refractivity contribution is 0.0785. The van der Waals surface area contributed by atoms with Crippen molar-refractivity contribution in [3.63, 3.8) is 0 Å². The van der Waals surface area contributed by atoms with E-state index in [1.54, 1.807) is 11.1 Å². The van der Waals surface area contributed by atoms with Crippen LogP contribution >= 0.6 is 0 Å². The van der Waals surface area contributed by atoms with Crippen molar-refractivity contribution in [1.82, 2.24) is 19.7 Å². The highest BCUT2D eigenvalue weighted by atomic mass is 16.3. The molecule has 0 radical (unpaired) electrons. The van der Waals surface area contributed by atoms with Gasteiger partial charge in [0.1, 0.15) is 5.52 Å². The van der Waals surface area contributed by atoms with E-state index in [9.17, 15) is 4.79 Å². The number of rotatable bonds is 5. The van der Waals surface area contributed by atoms with Crippen LogP contribution in [-0.4, -0.2) is 32.6 Å². The third-order valence-electron chi connectivity index (χ3n) is 6.05. The topological polar surface area (TPSA) is 64.2 Å². The molecule has 0 N–H and O–H groups in total. The minimum absolute atomic E-state index is 0.0398. The van der Waals surface area contributed by atoms with Gasteiger partial charge in [0.15, 0.2) is 11.5 Å². The van der Waals surface area contributed by atoms with Gasteiger partial charge in [0.25, 0.3) is 5.91 Å². The first kappa shape index (κ1) is 19.5. The van der Waals surface area contributed by atoms with Crippen molar-refractivity contribution >= 4 is 17.0 Å². The molecule has 31 heavy (non-hydrogen) atoms. The second-order valence-corrected chi connectivity index (χ2v) is 8.35. The Morgan fingerprint density at radius 3 is 2.81 bits per heavy atom. The van der Waals surface area contributed by atoms with Crippen LogP contribution in [0, 0.1) is 0 Å². The molecule has 2 aromatic carbocycles. The zero-order valence-corrected chi connectivity index (χ0v) is 17.7. The summed E-state index contributed by atoms with van der Waals surface area (Å²) in [6, 6.07) is 15.5. The van der Waals surface area contributed by atoms with Gasteiger partial charge in [0.05, 0.1) is 5.69 Å². The van der Waals surface area contributed by atoms with E-state index in [4.69, 9.17) is 4.42 Å². The van der Waals surface area contributed by atoms with Crippen LogP contribution in [0.25, 0.3) is 16.8 Å². The first-order valence-electron chi connectivity index (χ1n) is 10.9. The Morgan fingerprint density at radius 2 is 2.00 bits per heavy atom. The number of oxazole rings is 1. The maximum atomic E-state index is 13.1. The summed E-state index contributed by atoms with van der Waals surface area (Å²) in [6.07, 6.45) is 9.70. The summed E-state index contributed by atoms with van der Waals surface area (Å²) in [4.78, 5) is 19.5. The molecule has 0 atom stereocenters. The molecule has 1 fully saturated rings. The maximum absolute atomic E-state index is 13.1. The summed E-state index contributed by atoms with van der Waals surface area (Å²) in [5.41, 5.74) is 4.16. The number of amides is 1. The van der Waals surface area contributed by atoms with Crippen molar-refractivity contribution in [2.75, 3.05) is 7.05 Å². The Morgan fingerprint density at radius 1 is 1.13 bits per heavy atom. The SMILES string of the molecule is CN(Cc1cccc(-n2cccn2)c1)C(=O)c1ccc2nc(C3CCCCC3)oc2c1. The van der Waals surface area contributed by atoms with Gasteiger partial charge in [0, 0.05) is 37.5 Å². The molecule has 0 aliphatic heterocycles. The Bertz CT molecular complexity index is 1190. The average Bonchev–Trinajstić information content (AvgIpc) is 3.49. The molecule has 4 aromatic rings. The minimum atomic E-state index is -0.0398. The Hall–Kier alpha value is -3.41. The number of hydrogen-bond acceptors (Lipinski definition) is 4. The first-order chi connectivity index (χ1) is 15.2. The fraction of sp³-hybridized carbons (Fsp3) is 0.320. The molecule has 0 spiro atoms. The smallest absolute Gasteiger partial charge is 0.254 e. The molecule has 6 nitrogen and oxygen atoms in total. The van der Waals surface area contributed by atoms with E-state index >= 15 is 0 Å². The molecule has 2 heterocycles. The quantitative estimate of drug-likeness (QED) is 0.443. The third kappa shape index (κ3) is 4.10. The van der Waals surface area contributed by atoms with Crippen LogP contribution in [0.3, 0.4) is 0 Å². The first-order valence-corrected chi connectivity index (χ1v) is 10.9. The highest BCUT2D eigenvalue weighted by Crippen LogP contribution is 2.34. The molecule has 6 heteroatoms. The molecule has 0 saturated heterocycles. The number of carbonyl (C=O) groups excluding carboxylic acids is 1. The summed E-state index contributed by atoms with van der Waals surface area (Å²) in [5.74, 6) is 1.19. The molecule has 158 valence electrons. The van der Waals surface area contributed by atoms with E-state index in [2.05, 4.69) is 10.1 Å². The molecule has 1 aliphatic rings. The summed E-state index contributed by atoms with van der Waals surface area (Å²) in [5, 5.41) is 4.27. The van der Waals surface area contributed by atoms with Gasteiger partial charge in [-0.2, -0.15) is 5.10 Å². The van der Waals surface area contributed by atoms with E-state index in [-0.39, 0.29) is 5.91 Å². The van der Waals surface area contributed by atoms with E-state index in [1.807, 2.05) is 66.5 Å². The lowest BCUT2D eigenvalue weighted by Gasteiger charge is -2.18. The number of benzene rings is 2. The van der Waals surface area contributed by atoms with Crippen molar-refractivity contribution in [2.24, 2.45) is 0 Å². The molecule has 0 unspecified atom stereocenters. The second kappa shape index (κ2) is 8.38. The van der Waals surface area contributed by atoms with Crippen LogP contribution in [0.2, 0.25) is 0 Å². The third-order valence-corrected chi connectivity index (χ3v) is 6.05. The fourth-order valence-corrected chi connectivity index (χ4v) is 4.38. The van der Waals surface area contributed by atoms with Gasteiger partial charge in [-0.05, 0) is 54.8 Å². The number of fused-ring (bicyclic) bond motifs is 1. The Balaban J connectivity index is 1.32. The van der Waals surface area contributed by atoms with Crippen molar-refractivity contribution in [3.05, 3.63) is 77.9 Å². The number of nitrogens with zero attached hydrogens (tertiary/aromatic N) is 4. The second-order valence-electron chi connectivity index (χ2n) is 8.35. The largest absolute Gasteiger partial charge is 0.440 e. The zero-order chi connectivity index (χ0) is 21.2. The summed E-state index contributed by atoms with van der Waals surface area (Å²) >= 11 is 0. The Kier molecular flexibility index (Phi) is 5.28. The van der Waals surface area contributed by atoms with Crippen molar-refractivity contribution in [3.8, 4) is 5.69 Å². The minimum Gasteiger partial charge on any atom is -0.440 e. The molecular weight excluding hydrogens is 388 g/mol. The molecular formula is C25H26N4O2. The molecule has 0 bridgehead atoms. The molecule has 2 aromatic heterocycles. The maximum Gasteiger partial charge on any atom is 0.254 e. The van der Waals surface area contributed by atoms with Crippen LogP contribution in [0.1, 0.15) is 59.8 Å². The summed E-state index contributed by atoms with van der Waals surface area (Å²) in [6.45, 7) is 0.510. The molecule has 1 amide bonds. The predicted molar refractivity (Wildman–Crippen MR) is 119 cm³/mol. The summed E-state index contributed by atoms with van der Waals surface area (Å²) < 4.78 is 7.87. The van der Waals surface area contributed by atoms with Gasteiger partial charge in [-0.15, -0.1) is 0 Å². The van der Waals surface area contributed by atoms with E-state index in [1.165, 1.54) is 19.3 Å². The van der Waals surface area contributed by atoms with Crippen molar-refractivity contribution in [1.29, 1.82) is 0 Å². The van der Waals surface area contributed by atoms with Crippen LogP contribution in [0.4, 0.5) is 0 Å². The lowest BCUT2D eigenvalue weighted by Crippen LogP contribution is -2.26.